The van der Waals surface area contributed by atoms with Crippen molar-refractivity contribution in [3.63, 3.8) is 0 Å². The summed E-state index contributed by atoms with van der Waals surface area (Å²) in [5, 5.41) is 0. The molecule has 1 atom stereocenters. The van der Waals surface area contributed by atoms with Crippen molar-refractivity contribution >= 4 is 0 Å². The molecule has 88 valence electrons. The molecular formula is C14H22N2. The van der Waals surface area contributed by atoms with Gasteiger partial charge >= 0.3 is 0 Å². The van der Waals surface area contributed by atoms with Gasteiger partial charge < -0.3 is 10.6 Å². The van der Waals surface area contributed by atoms with E-state index in [1.165, 1.54) is 43.5 Å². The Morgan fingerprint density at radius 1 is 1.44 bits per heavy atom. The minimum absolute atomic E-state index is 0.416. The lowest BCUT2D eigenvalue weighted by Gasteiger charge is -2.14. The molecule has 1 aromatic rings. The fourth-order valence-corrected chi connectivity index (χ4v) is 2.44. The molecule has 2 nitrogen and oxygen atoms in total. The summed E-state index contributed by atoms with van der Waals surface area (Å²) in [5.74, 6) is 0. The highest BCUT2D eigenvalue weighted by Gasteiger charge is 2.17. The number of rotatable bonds is 4. The van der Waals surface area contributed by atoms with E-state index in [1.54, 1.807) is 0 Å². The first kappa shape index (κ1) is 11.6. The fraction of sp³-hybridized carbons (Fsp3) is 0.571. The number of likely N-dealkylation sites (tertiary alicyclic amines) is 1. The molecule has 1 heterocycles. The number of hydrogen-bond acceptors (Lipinski definition) is 2. The predicted octanol–water partition coefficient (Wildman–Crippen LogP) is 1.96. The summed E-state index contributed by atoms with van der Waals surface area (Å²) < 4.78 is 0. The normalized spacial score (nSPS) is 21.5. The largest absolute Gasteiger partial charge is 0.326 e. The Bertz CT molecular complexity index is 335. The van der Waals surface area contributed by atoms with Gasteiger partial charge in [0, 0.05) is 12.6 Å². The maximum atomic E-state index is 5.89. The zero-order chi connectivity index (χ0) is 11.4. The molecule has 1 saturated heterocycles. The first-order valence-corrected chi connectivity index (χ1v) is 6.27. The van der Waals surface area contributed by atoms with Gasteiger partial charge in [0.05, 0.1) is 0 Å². The number of nitrogens with zero attached hydrogens (tertiary/aromatic N) is 1. The molecule has 2 N–H and O–H groups in total. The Morgan fingerprint density at radius 2 is 2.31 bits per heavy atom. The van der Waals surface area contributed by atoms with E-state index >= 15 is 0 Å². The van der Waals surface area contributed by atoms with Crippen molar-refractivity contribution in [1.82, 2.24) is 4.90 Å². The minimum Gasteiger partial charge on any atom is -0.326 e. The average Bonchev–Trinajstić information content (AvgIpc) is 2.64. The average molecular weight is 218 g/mol. The Labute approximate surface area is 98.4 Å². The molecule has 0 spiro atoms. The summed E-state index contributed by atoms with van der Waals surface area (Å²) in [6, 6.07) is 9.23. The molecule has 0 saturated carbocycles. The smallest absolute Gasteiger partial charge is 0.0180 e. The highest BCUT2D eigenvalue weighted by atomic mass is 15.2. The van der Waals surface area contributed by atoms with Crippen molar-refractivity contribution in [3.8, 4) is 0 Å². The van der Waals surface area contributed by atoms with Crippen LogP contribution in [0.4, 0.5) is 0 Å². The third kappa shape index (κ3) is 3.32. The second-order valence-corrected chi connectivity index (χ2v) is 4.94. The van der Waals surface area contributed by atoms with Crippen LogP contribution in [0.5, 0.6) is 0 Å². The van der Waals surface area contributed by atoms with Gasteiger partial charge in [-0.2, -0.15) is 0 Å². The Kier molecular flexibility index (Phi) is 3.97. The van der Waals surface area contributed by atoms with Crippen LogP contribution < -0.4 is 5.73 Å². The van der Waals surface area contributed by atoms with Crippen LogP contribution >= 0.6 is 0 Å². The highest BCUT2D eigenvalue weighted by Crippen LogP contribution is 2.10. The van der Waals surface area contributed by atoms with Crippen molar-refractivity contribution in [2.24, 2.45) is 5.73 Å². The molecule has 0 unspecified atom stereocenters. The van der Waals surface area contributed by atoms with Gasteiger partial charge in [-0.3, -0.25) is 0 Å². The maximum absolute atomic E-state index is 5.89. The zero-order valence-electron chi connectivity index (χ0n) is 10.2. The molecule has 1 aliphatic heterocycles. The van der Waals surface area contributed by atoms with Crippen LogP contribution in [-0.2, 0) is 6.42 Å². The molecule has 0 aliphatic carbocycles. The Hall–Kier alpha value is -0.860. The molecule has 1 aromatic carbocycles. The van der Waals surface area contributed by atoms with Crippen molar-refractivity contribution < 1.29 is 0 Å². The number of benzene rings is 1. The Balaban J connectivity index is 1.72. The van der Waals surface area contributed by atoms with Crippen LogP contribution in [0.1, 0.15) is 24.0 Å². The summed E-state index contributed by atoms with van der Waals surface area (Å²) >= 11 is 0. The lowest BCUT2D eigenvalue weighted by Crippen LogP contribution is -2.27. The number of hydrogen-bond donors (Lipinski definition) is 1. The van der Waals surface area contributed by atoms with E-state index in [-0.39, 0.29) is 0 Å². The number of aryl methyl sites for hydroxylation is 2. The predicted molar refractivity (Wildman–Crippen MR) is 68.5 cm³/mol. The lowest BCUT2D eigenvalue weighted by atomic mass is 10.1. The van der Waals surface area contributed by atoms with Gasteiger partial charge in [0.2, 0.25) is 0 Å². The van der Waals surface area contributed by atoms with E-state index in [1.807, 2.05) is 0 Å². The van der Waals surface area contributed by atoms with E-state index < -0.39 is 0 Å². The van der Waals surface area contributed by atoms with Crippen molar-refractivity contribution in [3.05, 3.63) is 35.4 Å². The molecule has 2 heteroatoms. The molecule has 1 fully saturated rings. The first-order valence-electron chi connectivity index (χ1n) is 6.27. The summed E-state index contributed by atoms with van der Waals surface area (Å²) in [7, 11) is 0. The minimum atomic E-state index is 0.416. The van der Waals surface area contributed by atoms with E-state index in [0.29, 0.717) is 6.04 Å². The summed E-state index contributed by atoms with van der Waals surface area (Å²) in [4.78, 5) is 2.49. The lowest BCUT2D eigenvalue weighted by molar-refractivity contribution is 0.329. The van der Waals surface area contributed by atoms with Gasteiger partial charge in [-0.1, -0.05) is 29.8 Å². The molecule has 0 bridgehead atoms. The quantitative estimate of drug-likeness (QED) is 0.837. The van der Waals surface area contributed by atoms with Crippen LogP contribution in [-0.4, -0.2) is 30.6 Å². The van der Waals surface area contributed by atoms with Crippen molar-refractivity contribution in [1.29, 1.82) is 0 Å². The summed E-state index contributed by atoms with van der Waals surface area (Å²) in [6.45, 7) is 5.63. The molecule has 0 radical (unpaired) electrons. The fourth-order valence-electron chi connectivity index (χ4n) is 2.44. The summed E-state index contributed by atoms with van der Waals surface area (Å²) in [5.41, 5.74) is 8.71. The van der Waals surface area contributed by atoms with Crippen LogP contribution in [0.2, 0.25) is 0 Å². The SMILES string of the molecule is Cc1cccc(CCCN2CC[C@@H](N)C2)c1. The van der Waals surface area contributed by atoms with Gasteiger partial charge in [0.25, 0.3) is 0 Å². The molecule has 0 aromatic heterocycles. The molecule has 0 amide bonds. The summed E-state index contributed by atoms with van der Waals surface area (Å²) in [6.07, 6.45) is 3.61. The molecule has 16 heavy (non-hydrogen) atoms. The van der Waals surface area contributed by atoms with Crippen molar-refractivity contribution in [2.75, 3.05) is 19.6 Å². The monoisotopic (exact) mass is 218 g/mol. The van der Waals surface area contributed by atoms with Gasteiger partial charge in [-0.15, -0.1) is 0 Å². The maximum Gasteiger partial charge on any atom is 0.0180 e. The van der Waals surface area contributed by atoms with Crippen LogP contribution in [0, 0.1) is 6.92 Å². The van der Waals surface area contributed by atoms with Crippen LogP contribution in [0.3, 0.4) is 0 Å². The first-order chi connectivity index (χ1) is 7.74. The molecule has 2 rings (SSSR count). The van der Waals surface area contributed by atoms with Crippen molar-refractivity contribution in [2.45, 2.75) is 32.2 Å². The van der Waals surface area contributed by atoms with Gasteiger partial charge in [-0.05, 0) is 44.8 Å². The van der Waals surface area contributed by atoms with E-state index in [0.717, 1.165) is 6.54 Å². The standard InChI is InChI=1S/C14H22N2/c1-12-4-2-5-13(10-12)6-3-8-16-9-7-14(15)11-16/h2,4-5,10,14H,3,6-9,11,15H2,1H3/t14-/m1/s1. The molecule has 1 aliphatic rings. The zero-order valence-corrected chi connectivity index (χ0v) is 10.2. The third-order valence-corrected chi connectivity index (χ3v) is 3.33. The van der Waals surface area contributed by atoms with E-state index in [4.69, 9.17) is 5.73 Å². The second kappa shape index (κ2) is 5.46. The van der Waals surface area contributed by atoms with Crippen LogP contribution in [0.25, 0.3) is 0 Å². The Morgan fingerprint density at radius 3 is 3.00 bits per heavy atom. The van der Waals surface area contributed by atoms with Gasteiger partial charge in [0.15, 0.2) is 0 Å². The third-order valence-electron chi connectivity index (χ3n) is 3.33. The molecular weight excluding hydrogens is 196 g/mol. The van der Waals surface area contributed by atoms with Gasteiger partial charge in [-0.25, -0.2) is 0 Å². The van der Waals surface area contributed by atoms with E-state index in [2.05, 4.69) is 36.1 Å². The van der Waals surface area contributed by atoms with Gasteiger partial charge in [0.1, 0.15) is 0 Å². The topological polar surface area (TPSA) is 29.3 Å². The number of nitrogens with two attached hydrogens (primary N) is 1. The van der Waals surface area contributed by atoms with E-state index in [9.17, 15) is 0 Å². The second-order valence-electron chi connectivity index (χ2n) is 4.94. The van der Waals surface area contributed by atoms with Crippen LogP contribution in [0.15, 0.2) is 24.3 Å². The highest BCUT2D eigenvalue weighted by molar-refractivity contribution is 5.22.